The molecule has 2 aromatic carbocycles. The monoisotopic (exact) mass is 375 g/mol. The van der Waals surface area contributed by atoms with Gasteiger partial charge in [-0.25, -0.2) is 0 Å². The molecule has 0 saturated carbocycles. The van der Waals surface area contributed by atoms with E-state index in [9.17, 15) is 4.79 Å². The van der Waals surface area contributed by atoms with Crippen LogP contribution in [0.1, 0.15) is 45.7 Å². The molecule has 0 radical (unpaired) electrons. The van der Waals surface area contributed by atoms with Crippen molar-refractivity contribution in [3.8, 4) is 0 Å². The summed E-state index contributed by atoms with van der Waals surface area (Å²) in [5.41, 5.74) is 6.14. The third-order valence-corrected chi connectivity index (χ3v) is 5.58. The first-order valence-corrected chi connectivity index (χ1v) is 9.89. The molecule has 0 aliphatic carbocycles. The minimum Gasteiger partial charge on any atom is -0.372 e. The molecule has 0 spiro atoms. The number of rotatable bonds is 6. The Kier molecular flexibility index (Phi) is 5.68. The lowest BCUT2D eigenvalue weighted by Gasteiger charge is -2.20. The molecular formula is C24H29N3O. The number of nitrogens with one attached hydrogen (secondary N) is 1. The van der Waals surface area contributed by atoms with Crippen molar-refractivity contribution in [1.29, 1.82) is 0 Å². The number of nitrogens with zero attached hydrogens (tertiary/aromatic N) is 2. The third-order valence-electron chi connectivity index (χ3n) is 5.58. The molecule has 4 nitrogen and oxygen atoms in total. The summed E-state index contributed by atoms with van der Waals surface area (Å²) in [6, 6.07) is 14.2. The van der Waals surface area contributed by atoms with Gasteiger partial charge in [0.05, 0.1) is 5.69 Å². The van der Waals surface area contributed by atoms with E-state index in [1.165, 1.54) is 5.69 Å². The Morgan fingerprint density at radius 2 is 1.79 bits per heavy atom. The van der Waals surface area contributed by atoms with Gasteiger partial charge in [-0.3, -0.25) is 9.79 Å². The third kappa shape index (κ3) is 4.01. The van der Waals surface area contributed by atoms with E-state index in [1.807, 2.05) is 43.3 Å². The molecule has 28 heavy (non-hydrogen) atoms. The zero-order chi connectivity index (χ0) is 20.3. The number of carbonyl (C=O) groups excluding carboxylic acids is 1. The van der Waals surface area contributed by atoms with Crippen molar-refractivity contribution in [2.45, 2.75) is 40.0 Å². The van der Waals surface area contributed by atoms with E-state index in [2.05, 4.69) is 55.0 Å². The van der Waals surface area contributed by atoms with Gasteiger partial charge in [0, 0.05) is 41.7 Å². The van der Waals surface area contributed by atoms with Crippen LogP contribution in [0.15, 0.2) is 53.5 Å². The molecule has 1 N–H and O–H groups in total. The van der Waals surface area contributed by atoms with Crippen LogP contribution in [0.25, 0.3) is 6.08 Å². The maximum Gasteiger partial charge on any atom is 0.248 e. The maximum atomic E-state index is 12.3. The van der Waals surface area contributed by atoms with Crippen LogP contribution in [-0.2, 0) is 10.2 Å². The van der Waals surface area contributed by atoms with E-state index in [-0.39, 0.29) is 11.3 Å². The molecule has 0 fully saturated rings. The van der Waals surface area contributed by atoms with Crippen LogP contribution in [0.5, 0.6) is 0 Å². The first-order valence-electron chi connectivity index (χ1n) is 9.89. The van der Waals surface area contributed by atoms with Crippen LogP contribution in [0.3, 0.4) is 0 Å². The number of hydrogen-bond acceptors (Lipinski definition) is 3. The van der Waals surface area contributed by atoms with Crippen LogP contribution < -0.4 is 10.2 Å². The van der Waals surface area contributed by atoms with E-state index >= 15 is 0 Å². The Morgan fingerprint density at radius 3 is 2.43 bits per heavy atom. The molecule has 0 atom stereocenters. The smallest absolute Gasteiger partial charge is 0.248 e. The summed E-state index contributed by atoms with van der Waals surface area (Å²) in [4.78, 5) is 19.3. The normalized spacial score (nSPS) is 14.7. The summed E-state index contributed by atoms with van der Waals surface area (Å²) >= 11 is 0. The predicted octanol–water partition coefficient (Wildman–Crippen LogP) is 5.57. The zero-order valence-corrected chi connectivity index (χ0v) is 17.4. The average molecular weight is 376 g/mol. The SMILES string of the molecule is CCN(CC)c1ccc(/C=C/C(=O)Nc2ccc3c(c2)C(C)(C)C(C)=N3)cc1. The topological polar surface area (TPSA) is 44.7 Å². The van der Waals surface area contributed by atoms with E-state index in [4.69, 9.17) is 0 Å². The van der Waals surface area contributed by atoms with Crippen molar-refractivity contribution in [2.75, 3.05) is 23.3 Å². The van der Waals surface area contributed by atoms with Crippen LogP contribution >= 0.6 is 0 Å². The van der Waals surface area contributed by atoms with Crippen molar-refractivity contribution in [2.24, 2.45) is 4.99 Å². The summed E-state index contributed by atoms with van der Waals surface area (Å²) in [5, 5.41) is 2.96. The Morgan fingerprint density at radius 1 is 1.11 bits per heavy atom. The van der Waals surface area contributed by atoms with Crippen LogP contribution in [0.2, 0.25) is 0 Å². The predicted molar refractivity (Wildman–Crippen MR) is 120 cm³/mol. The van der Waals surface area contributed by atoms with Gasteiger partial charge in [0.15, 0.2) is 0 Å². The molecule has 0 aromatic heterocycles. The molecule has 3 rings (SSSR count). The van der Waals surface area contributed by atoms with Gasteiger partial charge in [0.1, 0.15) is 0 Å². The summed E-state index contributed by atoms with van der Waals surface area (Å²) in [6.07, 6.45) is 3.42. The fourth-order valence-corrected chi connectivity index (χ4v) is 3.47. The lowest BCUT2D eigenvalue weighted by atomic mass is 9.82. The Bertz CT molecular complexity index is 919. The lowest BCUT2D eigenvalue weighted by Crippen LogP contribution is -2.22. The van der Waals surface area contributed by atoms with Gasteiger partial charge in [-0.05, 0) is 68.3 Å². The molecule has 1 aliphatic rings. The molecular weight excluding hydrogens is 346 g/mol. The van der Waals surface area contributed by atoms with Gasteiger partial charge in [-0.15, -0.1) is 0 Å². The number of amides is 1. The Labute approximate surface area is 168 Å². The van der Waals surface area contributed by atoms with E-state index in [0.29, 0.717) is 0 Å². The van der Waals surface area contributed by atoms with Gasteiger partial charge in [0.25, 0.3) is 0 Å². The van der Waals surface area contributed by atoms with Crippen molar-refractivity contribution in [1.82, 2.24) is 0 Å². The molecule has 0 saturated heterocycles. The fourth-order valence-electron chi connectivity index (χ4n) is 3.47. The molecule has 0 bridgehead atoms. The average Bonchev–Trinajstić information content (AvgIpc) is 2.91. The highest BCUT2D eigenvalue weighted by Crippen LogP contribution is 2.41. The second-order valence-electron chi connectivity index (χ2n) is 7.64. The quantitative estimate of drug-likeness (QED) is 0.671. The minimum absolute atomic E-state index is 0.0987. The second kappa shape index (κ2) is 8.01. The maximum absolute atomic E-state index is 12.3. The molecule has 0 unspecified atom stereocenters. The largest absolute Gasteiger partial charge is 0.372 e. The highest BCUT2D eigenvalue weighted by atomic mass is 16.1. The summed E-state index contributed by atoms with van der Waals surface area (Å²) < 4.78 is 0. The van der Waals surface area contributed by atoms with E-state index in [0.717, 1.165) is 41.3 Å². The number of aliphatic imine (C=N–C) groups is 1. The number of fused-ring (bicyclic) bond motifs is 1. The standard InChI is InChI=1S/C24H29N3O/c1-6-27(7-2)20-12-8-18(9-13-20)10-15-23(28)26-19-11-14-22-21(16-19)24(4,5)17(3)25-22/h8-16H,6-7H2,1-5H3,(H,26,28)/b15-10+. The van der Waals surface area contributed by atoms with Crippen LogP contribution in [-0.4, -0.2) is 24.7 Å². The zero-order valence-electron chi connectivity index (χ0n) is 17.4. The number of benzene rings is 2. The lowest BCUT2D eigenvalue weighted by molar-refractivity contribution is -0.111. The van der Waals surface area contributed by atoms with Crippen molar-refractivity contribution < 1.29 is 4.79 Å². The van der Waals surface area contributed by atoms with E-state index < -0.39 is 0 Å². The number of carbonyl (C=O) groups is 1. The van der Waals surface area contributed by atoms with Crippen molar-refractivity contribution >= 4 is 34.8 Å². The highest BCUT2D eigenvalue weighted by Gasteiger charge is 2.32. The van der Waals surface area contributed by atoms with Crippen molar-refractivity contribution in [3.63, 3.8) is 0 Å². The highest BCUT2D eigenvalue weighted by molar-refractivity contribution is 6.03. The van der Waals surface area contributed by atoms with Crippen LogP contribution in [0.4, 0.5) is 17.1 Å². The van der Waals surface area contributed by atoms with E-state index in [1.54, 1.807) is 6.08 Å². The molecule has 1 heterocycles. The first-order chi connectivity index (χ1) is 13.3. The molecule has 146 valence electrons. The summed E-state index contributed by atoms with van der Waals surface area (Å²) in [6.45, 7) is 12.6. The molecule has 1 amide bonds. The molecule has 4 heteroatoms. The van der Waals surface area contributed by atoms with Gasteiger partial charge in [-0.1, -0.05) is 26.0 Å². The Hall–Kier alpha value is -2.88. The number of hydrogen-bond donors (Lipinski definition) is 1. The van der Waals surface area contributed by atoms with Crippen molar-refractivity contribution in [3.05, 3.63) is 59.7 Å². The second-order valence-corrected chi connectivity index (χ2v) is 7.64. The molecule has 2 aromatic rings. The first kappa shape index (κ1) is 19.9. The van der Waals surface area contributed by atoms with Gasteiger partial charge in [-0.2, -0.15) is 0 Å². The van der Waals surface area contributed by atoms with Gasteiger partial charge < -0.3 is 10.2 Å². The summed E-state index contributed by atoms with van der Waals surface area (Å²) in [7, 11) is 0. The summed E-state index contributed by atoms with van der Waals surface area (Å²) in [5.74, 6) is -0.138. The van der Waals surface area contributed by atoms with Crippen LogP contribution in [0, 0.1) is 0 Å². The van der Waals surface area contributed by atoms with Gasteiger partial charge >= 0.3 is 0 Å². The Balaban J connectivity index is 1.66. The molecule has 1 aliphatic heterocycles. The minimum atomic E-state index is -0.138. The fraction of sp³-hybridized carbons (Fsp3) is 0.333. The number of anilines is 2. The van der Waals surface area contributed by atoms with Gasteiger partial charge in [0.2, 0.25) is 5.91 Å².